The van der Waals surface area contributed by atoms with Gasteiger partial charge in [0, 0.05) is 6.20 Å². The fourth-order valence-corrected chi connectivity index (χ4v) is 3.26. The Morgan fingerprint density at radius 3 is 2.44 bits per heavy atom. The minimum atomic E-state index is -0.324. The number of hydrogen-bond donors (Lipinski definition) is 0. The Kier molecular flexibility index (Phi) is 6.48. The Labute approximate surface area is 162 Å². The van der Waals surface area contributed by atoms with E-state index in [1.165, 1.54) is 18.4 Å². The van der Waals surface area contributed by atoms with Crippen LogP contribution in [0.25, 0.3) is 5.57 Å². The van der Waals surface area contributed by atoms with Crippen LogP contribution in [0.5, 0.6) is 0 Å². The standard InChI is InChI=1S/C24H27NO2/c1-3-5-9-19-12-14-21(15-13-19)23-17-16-22(20-10-7-6-8-11-20)18-25(23)24(26)27-4-2/h6-8,10-18,23H,3-5,9H2,1-2H3. The largest absolute Gasteiger partial charge is 0.449 e. The minimum absolute atomic E-state index is 0.156. The molecule has 27 heavy (non-hydrogen) atoms. The van der Waals surface area contributed by atoms with Gasteiger partial charge in [-0.3, -0.25) is 4.90 Å². The summed E-state index contributed by atoms with van der Waals surface area (Å²) in [6, 6.07) is 18.5. The van der Waals surface area contributed by atoms with Crippen LogP contribution in [0.15, 0.2) is 72.9 Å². The molecule has 0 fully saturated rings. The average molecular weight is 361 g/mol. The van der Waals surface area contributed by atoms with E-state index in [9.17, 15) is 4.79 Å². The van der Waals surface area contributed by atoms with E-state index in [0.717, 1.165) is 23.1 Å². The van der Waals surface area contributed by atoms with E-state index < -0.39 is 0 Å². The fraction of sp³-hybridized carbons (Fsp3) is 0.292. The van der Waals surface area contributed by atoms with Crippen LogP contribution in [0.3, 0.4) is 0 Å². The molecule has 1 amide bonds. The molecular formula is C24H27NO2. The van der Waals surface area contributed by atoms with Crippen molar-refractivity contribution in [1.82, 2.24) is 4.90 Å². The number of allylic oxidation sites excluding steroid dienone is 2. The van der Waals surface area contributed by atoms with Crippen LogP contribution in [0.4, 0.5) is 4.79 Å². The number of nitrogens with zero attached hydrogens (tertiary/aromatic N) is 1. The van der Waals surface area contributed by atoms with Gasteiger partial charge in [-0.05, 0) is 42.0 Å². The summed E-state index contributed by atoms with van der Waals surface area (Å²) >= 11 is 0. The number of carbonyl (C=O) groups excluding carboxylic acids is 1. The fourth-order valence-electron chi connectivity index (χ4n) is 3.26. The van der Waals surface area contributed by atoms with Gasteiger partial charge in [-0.1, -0.05) is 80.1 Å². The summed E-state index contributed by atoms with van der Waals surface area (Å²) in [6.07, 6.45) is 9.20. The summed E-state index contributed by atoms with van der Waals surface area (Å²) < 4.78 is 5.30. The van der Waals surface area contributed by atoms with Crippen molar-refractivity contribution in [3.8, 4) is 0 Å². The lowest BCUT2D eigenvalue weighted by Gasteiger charge is -2.30. The van der Waals surface area contributed by atoms with E-state index in [2.05, 4.69) is 43.3 Å². The first kappa shape index (κ1) is 19.0. The molecular weight excluding hydrogens is 334 g/mol. The summed E-state index contributed by atoms with van der Waals surface area (Å²) in [5.41, 5.74) is 4.50. The van der Waals surface area contributed by atoms with Gasteiger partial charge in [0.2, 0.25) is 0 Å². The Bertz CT molecular complexity index is 806. The van der Waals surface area contributed by atoms with E-state index in [0.29, 0.717) is 6.61 Å². The summed E-state index contributed by atoms with van der Waals surface area (Å²) in [5, 5.41) is 0. The van der Waals surface area contributed by atoms with Crippen LogP contribution in [0.1, 0.15) is 49.4 Å². The monoisotopic (exact) mass is 361 g/mol. The highest BCUT2D eigenvalue weighted by Gasteiger charge is 2.26. The van der Waals surface area contributed by atoms with Gasteiger partial charge in [0.25, 0.3) is 0 Å². The third-order valence-corrected chi connectivity index (χ3v) is 4.76. The lowest BCUT2D eigenvalue weighted by atomic mass is 9.96. The first-order chi connectivity index (χ1) is 13.2. The van der Waals surface area contributed by atoms with Gasteiger partial charge in [0.1, 0.15) is 0 Å². The maximum atomic E-state index is 12.6. The Morgan fingerprint density at radius 1 is 1.04 bits per heavy atom. The highest BCUT2D eigenvalue weighted by Crippen LogP contribution is 2.32. The lowest BCUT2D eigenvalue weighted by Crippen LogP contribution is -2.31. The van der Waals surface area contributed by atoms with Crippen LogP contribution < -0.4 is 0 Å². The smallest absolute Gasteiger partial charge is 0.414 e. The molecule has 0 aromatic heterocycles. The van der Waals surface area contributed by atoms with E-state index in [1.54, 1.807) is 4.90 Å². The van der Waals surface area contributed by atoms with Gasteiger partial charge in [-0.2, -0.15) is 0 Å². The Balaban J connectivity index is 1.87. The second-order valence-electron chi connectivity index (χ2n) is 6.71. The molecule has 1 aliphatic heterocycles. The molecule has 2 aromatic rings. The van der Waals surface area contributed by atoms with E-state index in [4.69, 9.17) is 4.74 Å². The number of rotatable bonds is 6. The third-order valence-electron chi connectivity index (χ3n) is 4.76. The first-order valence-electron chi connectivity index (χ1n) is 9.72. The molecule has 0 spiro atoms. The number of hydrogen-bond acceptors (Lipinski definition) is 2. The molecule has 0 radical (unpaired) electrons. The Morgan fingerprint density at radius 2 is 1.78 bits per heavy atom. The van der Waals surface area contributed by atoms with Crippen molar-refractivity contribution >= 4 is 11.7 Å². The van der Waals surface area contributed by atoms with Crippen LogP contribution in [-0.2, 0) is 11.2 Å². The summed E-state index contributed by atoms with van der Waals surface area (Å²) in [7, 11) is 0. The van der Waals surface area contributed by atoms with Crippen molar-refractivity contribution in [1.29, 1.82) is 0 Å². The molecule has 1 unspecified atom stereocenters. The topological polar surface area (TPSA) is 29.5 Å². The molecule has 3 heteroatoms. The van der Waals surface area contributed by atoms with Crippen molar-refractivity contribution < 1.29 is 9.53 Å². The minimum Gasteiger partial charge on any atom is -0.449 e. The van der Waals surface area contributed by atoms with Crippen molar-refractivity contribution in [2.45, 2.75) is 39.2 Å². The summed E-state index contributed by atoms with van der Waals surface area (Å²) in [4.78, 5) is 14.3. The number of aryl methyl sites for hydroxylation is 1. The zero-order valence-electron chi connectivity index (χ0n) is 16.1. The van der Waals surface area contributed by atoms with Gasteiger partial charge in [0.05, 0.1) is 12.6 Å². The van der Waals surface area contributed by atoms with Crippen molar-refractivity contribution in [3.05, 3.63) is 89.6 Å². The first-order valence-corrected chi connectivity index (χ1v) is 9.72. The molecule has 3 rings (SSSR count). The molecule has 140 valence electrons. The van der Waals surface area contributed by atoms with Gasteiger partial charge in [-0.25, -0.2) is 4.79 Å². The maximum Gasteiger partial charge on any atom is 0.414 e. The lowest BCUT2D eigenvalue weighted by molar-refractivity contribution is 0.115. The number of unbranched alkanes of at least 4 members (excludes halogenated alkanes) is 1. The molecule has 0 N–H and O–H groups in total. The SMILES string of the molecule is CCCCc1ccc(C2C=CC(c3ccccc3)=CN2C(=O)OCC)cc1. The molecule has 2 aromatic carbocycles. The summed E-state index contributed by atoms with van der Waals surface area (Å²) in [6.45, 7) is 4.39. The predicted molar refractivity (Wildman–Crippen MR) is 110 cm³/mol. The number of amides is 1. The van der Waals surface area contributed by atoms with Gasteiger partial charge >= 0.3 is 6.09 Å². The normalized spacial score (nSPS) is 16.1. The summed E-state index contributed by atoms with van der Waals surface area (Å²) in [5.74, 6) is 0. The quantitative estimate of drug-likeness (QED) is 0.618. The van der Waals surface area contributed by atoms with E-state index in [1.807, 2.05) is 43.5 Å². The zero-order valence-corrected chi connectivity index (χ0v) is 16.1. The molecule has 0 bridgehead atoms. The second kappa shape index (κ2) is 9.22. The third kappa shape index (κ3) is 4.68. The van der Waals surface area contributed by atoms with Crippen molar-refractivity contribution in [2.75, 3.05) is 6.61 Å². The molecule has 0 saturated carbocycles. The molecule has 0 saturated heterocycles. The highest BCUT2D eigenvalue weighted by molar-refractivity contribution is 5.80. The number of benzene rings is 2. The maximum absolute atomic E-state index is 12.6. The van der Waals surface area contributed by atoms with E-state index in [-0.39, 0.29) is 12.1 Å². The second-order valence-corrected chi connectivity index (χ2v) is 6.71. The molecule has 3 nitrogen and oxygen atoms in total. The van der Waals surface area contributed by atoms with Gasteiger partial charge < -0.3 is 4.74 Å². The molecule has 1 atom stereocenters. The van der Waals surface area contributed by atoms with Crippen LogP contribution in [-0.4, -0.2) is 17.6 Å². The Hall–Kier alpha value is -2.81. The van der Waals surface area contributed by atoms with Crippen LogP contribution >= 0.6 is 0 Å². The zero-order chi connectivity index (χ0) is 19.1. The van der Waals surface area contributed by atoms with Gasteiger partial charge in [0.15, 0.2) is 0 Å². The van der Waals surface area contributed by atoms with Crippen LogP contribution in [0.2, 0.25) is 0 Å². The average Bonchev–Trinajstić information content (AvgIpc) is 2.73. The van der Waals surface area contributed by atoms with Crippen molar-refractivity contribution in [2.24, 2.45) is 0 Å². The van der Waals surface area contributed by atoms with Gasteiger partial charge in [-0.15, -0.1) is 0 Å². The number of ether oxygens (including phenoxy) is 1. The molecule has 1 heterocycles. The number of carbonyl (C=O) groups is 1. The molecule has 0 aliphatic carbocycles. The van der Waals surface area contributed by atoms with Crippen molar-refractivity contribution in [3.63, 3.8) is 0 Å². The van der Waals surface area contributed by atoms with E-state index >= 15 is 0 Å². The predicted octanol–water partition coefficient (Wildman–Crippen LogP) is 6.14. The molecule has 1 aliphatic rings. The highest BCUT2D eigenvalue weighted by atomic mass is 16.6. The van der Waals surface area contributed by atoms with Crippen LogP contribution in [0, 0.1) is 0 Å².